The van der Waals surface area contributed by atoms with Gasteiger partial charge in [0.15, 0.2) is 0 Å². The van der Waals surface area contributed by atoms with Crippen LogP contribution in [0.25, 0.3) is 0 Å². The first kappa shape index (κ1) is 14.6. The Kier molecular flexibility index (Phi) is 3.67. The van der Waals surface area contributed by atoms with Gasteiger partial charge in [0.1, 0.15) is 0 Å². The predicted octanol–water partition coefficient (Wildman–Crippen LogP) is 1.34. The van der Waals surface area contributed by atoms with Crippen molar-refractivity contribution in [3.8, 4) is 0 Å². The van der Waals surface area contributed by atoms with Crippen LogP contribution in [0.3, 0.4) is 0 Å². The van der Waals surface area contributed by atoms with Gasteiger partial charge in [-0.05, 0) is 0 Å². The lowest BCUT2D eigenvalue weighted by Crippen LogP contribution is -2.31. The smallest absolute Gasteiger partial charge is 0.285 e. The van der Waals surface area contributed by atoms with Crippen LogP contribution in [0, 0.1) is 20.2 Å². The van der Waals surface area contributed by atoms with Gasteiger partial charge >= 0.3 is 0 Å². The van der Waals surface area contributed by atoms with Crippen LogP contribution >= 0.6 is 11.8 Å². The van der Waals surface area contributed by atoms with Crippen LogP contribution in [0.1, 0.15) is 10.4 Å². The first-order chi connectivity index (χ1) is 9.79. The molecule has 108 valence electrons. The lowest BCUT2D eigenvalue weighted by Gasteiger charge is -2.11. The molecule has 0 saturated carbocycles. The second-order valence-corrected chi connectivity index (χ2v) is 4.89. The second kappa shape index (κ2) is 5.28. The number of nitrogens with zero attached hydrogens (tertiary/aromatic N) is 3. The van der Waals surface area contributed by atoms with Crippen LogP contribution in [-0.2, 0) is 4.79 Å². The van der Waals surface area contributed by atoms with Crippen LogP contribution in [0.2, 0.25) is 0 Å². The minimum absolute atomic E-state index is 0.332. The molecule has 1 fully saturated rings. The second-order valence-electron chi connectivity index (χ2n) is 3.88. The highest BCUT2D eigenvalue weighted by Gasteiger charge is 2.35. The molecule has 0 unspecified atom stereocenters. The first-order valence-electron chi connectivity index (χ1n) is 5.30. The third kappa shape index (κ3) is 2.86. The van der Waals surface area contributed by atoms with Crippen molar-refractivity contribution < 1.29 is 24.2 Å². The number of benzene rings is 1. The van der Waals surface area contributed by atoms with E-state index < -0.39 is 49.6 Å². The number of imide groups is 1. The average molecular weight is 311 g/mol. The molecule has 1 heterocycles. The summed E-state index contributed by atoms with van der Waals surface area (Å²) in [6.07, 6.45) is 0. The molecule has 1 aromatic carbocycles. The molecule has 0 radical (unpaired) electrons. The Hall–Kier alpha value is -2.82. The van der Waals surface area contributed by atoms with Crippen LogP contribution in [0.4, 0.5) is 16.2 Å². The number of hydrogen-bond donors (Lipinski definition) is 0. The highest BCUT2D eigenvalue weighted by molar-refractivity contribution is 8.26. The number of nitro groups is 2. The normalized spacial score (nSPS) is 14.4. The number of carbonyl (C=O) groups is 3. The summed E-state index contributed by atoms with van der Waals surface area (Å²) in [6.45, 7) is -0.473. The van der Waals surface area contributed by atoms with Crippen molar-refractivity contribution >= 4 is 39.4 Å². The van der Waals surface area contributed by atoms with E-state index >= 15 is 0 Å². The minimum atomic E-state index is -0.995. The minimum Gasteiger partial charge on any atom is -0.285 e. The van der Waals surface area contributed by atoms with Gasteiger partial charge in [0.25, 0.3) is 22.5 Å². The number of hydrogen-bond acceptors (Lipinski definition) is 8. The number of thioether (sulfide) groups is 1. The van der Waals surface area contributed by atoms with Gasteiger partial charge in [-0.3, -0.25) is 39.5 Å². The molecule has 0 aromatic heterocycles. The molecule has 0 aliphatic carbocycles. The van der Waals surface area contributed by atoms with E-state index in [2.05, 4.69) is 0 Å². The van der Waals surface area contributed by atoms with Gasteiger partial charge in [0, 0.05) is 23.9 Å². The molecule has 1 aliphatic rings. The summed E-state index contributed by atoms with van der Waals surface area (Å²) in [5, 5.41) is 20.1. The van der Waals surface area contributed by atoms with E-state index in [1.807, 2.05) is 0 Å². The number of nitro benzene ring substituents is 2. The highest BCUT2D eigenvalue weighted by atomic mass is 32.2. The fourth-order valence-corrected chi connectivity index (χ4v) is 2.26. The maximum absolute atomic E-state index is 12.0. The molecule has 1 saturated heterocycles. The van der Waals surface area contributed by atoms with Gasteiger partial charge < -0.3 is 0 Å². The zero-order valence-electron chi connectivity index (χ0n) is 10.0. The maximum Gasteiger partial charge on any atom is 0.296 e. The third-order valence-corrected chi connectivity index (χ3v) is 3.28. The third-order valence-electron chi connectivity index (χ3n) is 2.53. The fraction of sp³-hybridized carbons (Fsp3) is 0.100. The molecule has 0 spiro atoms. The Morgan fingerprint density at radius 2 is 1.62 bits per heavy atom. The summed E-state index contributed by atoms with van der Waals surface area (Å²) in [4.78, 5) is 54.8. The molecule has 11 heteroatoms. The van der Waals surface area contributed by atoms with Crippen molar-refractivity contribution in [3.05, 3.63) is 44.0 Å². The van der Waals surface area contributed by atoms with Crippen LogP contribution in [0.5, 0.6) is 0 Å². The van der Waals surface area contributed by atoms with Crippen molar-refractivity contribution in [1.29, 1.82) is 0 Å². The monoisotopic (exact) mass is 311 g/mol. The average Bonchev–Trinajstić information content (AvgIpc) is 2.76. The summed E-state index contributed by atoms with van der Waals surface area (Å²) in [5.41, 5.74) is -1.71. The van der Waals surface area contributed by atoms with Crippen molar-refractivity contribution in [2.75, 3.05) is 6.54 Å². The van der Waals surface area contributed by atoms with E-state index in [9.17, 15) is 34.6 Å². The van der Waals surface area contributed by atoms with Crippen molar-refractivity contribution in [1.82, 2.24) is 4.90 Å². The summed E-state index contributed by atoms with van der Waals surface area (Å²) >= 11 is 0.332. The largest absolute Gasteiger partial charge is 0.296 e. The van der Waals surface area contributed by atoms with E-state index in [0.717, 1.165) is 12.1 Å². The van der Waals surface area contributed by atoms with E-state index in [1.165, 1.54) is 0 Å². The topological polar surface area (TPSA) is 141 Å². The van der Waals surface area contributed by atoms with Crippen molar-refractivity contribution in [2.24, 2.45) is 0 Å². The van der Waals surface area contributed by atoms with E-state index in [1.54, 1.807) is 0 Å². The van der Waals surface area contributed by atoms with Gasteiger partial charge in [0.2, 0.25) is 5.12 Å². The zero-order valence-corrected chi connectivity index (χ0v) is 10.9. The number of rotatable bonds is 3. The van der Waals surface area contributed by atoms with Crippen molar-refractivity contribution in [3.63, 3.8) is 0 Å². The SMILES string of the molecule is O=C1CN(C(=O)c2cc([N+](=O)[O-])cc([N+](=O)[O-])c2)C(=O)S1. The molecular weight excluding hydrogens is 306 g/mol. The molecular formula is C10H5N3O7S. The quantitative estimate of drug-likeness (QED) is 0.601. The molecule has 0 bridgehead atoms. The standard InChI is InChI=1S/C10H5N3O7S/c14-8-4-11(10(16)21-8)9(15)5-1-6(12(17)18)3-7(2-5)13(19)20/h1-3H,4H2. The Morgan fingerprint density at radius 1 is 1.10 bits per heavy atom. The van der Waals surface area contributed by atoms with Gasteiger partial charge in [-0.25, -0.2) is 0 Å². The Morgan fingerprint density at radius 3 is 2.00 bits per heavy atom. The number of carbonyl (C=O) groups excluding carboxylic acids is 3. The Bertz CT molecular complexity index is 670. The fourth-order valence-electron chi connectivity index (χ4n) is 1.62. The van der Waals surface area contributed by atoms with Crippen LogP contribution in [0.15, 0.2) is 18.2 Å². The molecule has 1 aliphatic heterocycles. The summed E-state index contributed by atoms with van der Waals surface area (Å²) in [7, 11) is 0. The highest BCUT2D eigenvalue weighted by Crippen LogP contribution is 2.26. The summed E-state index contributed by atoms with van der Waals surface area (Å²) in [5.74, 6) is -0.995. The van der Waals surface area contributed by atoms with E-state index in [4.69, 9.17) is 0 Å². The molecule has 21 heavy (non-hydrogen) atoms. The molecule has 2 amide bonds. The summed E-state index contributed by atoms with van der Waals surface area (Å²) < 4.78 is 0. The van der Waals surface area contributed by atoms with Gasteiger partial charge in [-0.2, -0.15) is 0 Å². The van der Waals surface area contributed by atoms with Gasteiger partial charge in [-0.1, -0.05) is 0 Å². The maximum atomic E-state index is 12.0. The van der Waals surface area contributed by atoms with Crippen LogP contribution in [-0.4, -0.2) is 37.6 Å². The van der Waals surface area contributed by atoms with Crippen LogP contribution < -0.4 is 0 Å². The molecule has 0 atom stereocenters. The molecule has 0 N–H and O–H groups in total. The summed E-state index contributed by atoms with van der Waals surface area (Å²) in [6, 6.07) is 2.33. The first-order valence-corrected chi connectivity index (χ1v) is 6.11. The molecule has 1 aromatic rings. The molecule has 2 rings (SSSR count). The molecule has 10 nitrogen and oxygen atoms in total. The lowest BCUT2D eigenvalue weighted by atomic mass is 10.1. The Balaban J connectivity index is 2.45. The van der Waals surface area contributed by atoms with Crippen molar-refractivity contribution in [2.45, 2.75) is 0 Å². The van der Waals surface area contributed by atoms with E-state index in [-0.39, 0.29) is 0 Å². The number of non-ortho nitro benzene ring substituents is 2. The lowest BCUT2D eigenvalue weighted by molar-refractivity contribution is -0.394. The Labute approximate surface area is 120 Å². The number of amides is 2. The van der Waals surface area contributed by atoms with E-state index in [0.29, 0.717) is 22.7 Å². The predicted molar refractivity (Wildman–Crippen MR) is 68.8 cm³/mol. The van der Waals surface area contributed by atoms with Gasteiger partial charge in [-0.15, -0.1) is 0 Å². The zero-order chi connectivity index (χ0) is 15.7. The van der Waals surface area contributed by atoms with Gasteiger partial charge in [0.05, 0.1) is 28.0 Å².